The van der Waals surface area contributed by atoms with Gasteiger partial charge in [0.05, 0.1) is 72.7 Å². The second-order valence-electron chi connectivity index (χ2n) is 20.0. The van der Waals surface area contributed by atoms with Crippen LogP contribution in [0.3, 0.4) is 0 Å². The van der Waals surface area contributed by atoms with Crippen LogP contribution < -0.4 is 0 Å². The minimum Gasteiger partial charge on any atom is -0.309 e. The Hall–Kier alpha value is -10.1. The summed E-state index contributed by atoms with van der Waals surface area (Å²) >= 11 is 0. The molecule has 15 aromatic rings. The Kier molecular flexibility index (Phi) is 9.63. The van der Waals surface area contributed by atoms with E-state index < -0.39 is 11.7 Å². The number of benzene rings is 11. The molecule has 4 aromatic heterocycles. The van der Waals surface area contributed by atoms with Gasteiger partial charge < -0.3 is 18.3 Å². The number of hydrogen-bond acceptors (Lipinski definition) is 1. The van der Waals surface area contributed by atoms with E-state index in [0.717, 1.165) is 99.6 Å². The minimum atomic E-state index is -4.53. The minimum absolute atomic E-state index is 0.459. The molecule has 5 nitrogen and oxygen atoms in total. The topological polar surface area (TPSA) is 43.5 Å². The lowest BCUT2D eigenvalue weighted by Gasteiger charge is -2.20. The average molecular weight is 998 g/mol. The molecule has 11 aromatic carbocycles. The summed E-state index contributed by atoms with van der Waals surface area (Å²) in [5.74, 6) is 0. The number of aromatic nitrogens is 4. The number of aryl methyl sites for hydroxylation is 1. The van der Waals surface area contributed by atoms with Crippen LogP contribution in [0, 0.1) is 18.3 Å². The largest absolute Gasteiger partial charge is 0.416 e. The molecule has 8 heteroatoms. The lowest BCUT2D eigenvalue weighted by molar-refractivity contribution is -0.137. The van der Waals surface area contributed by atoms with Crippen LogP contribution in [0.2, 0.25) is 0 Å². The molecular weight excluding hydrogens is 956 g/mol. The zero-order chi connectivity index (χ0) is 51.7. The average Bonchev–Trinajstić information content (AvgIpc) is 4.38. The molecule has 4 heterocycles. The summed E-state index contributed by atoms with van der Waals surface area (Å²) in [4.78, 5) is 0. The molecule has 15 rings (SSSR count). The molecule has 0 spiro atoms. The van der Waals surface area contributed by atoms with Crippen LogP contribution in [0.25, 0.3) is 132 Å². The predicted octanol–water partition coefficient (Wildman–Crippen LogP) is 18.6. The molecule has 0 aliphatic rings. The van der Waals surface area contributed by atoms with Gasteiger partial charge in [0.15, 0.2) is 0 Å². The van der Waals surface area contributed by atoms with Gasteiger partial charge in [-0.25, -0.2) is 0 Å². The number of rotatable bonds is 6. The summed E-state index contributed by atoms with van der Waals surface area (Å²) in [5, 5.41) is 19.5. The summed E-state index contributed by atoms with van der Waals surface area (Å²) in [6, 6.07) is 82.4. The first-order valence-corrected chi connectivity index (χ1v) is 25.6. The molecule has 0 aliphatic heterocycles. The highest BCUT2D eigenvalue weighted by molar-refractivity contribution is 6.15. The van der Waals surface area contributed by atoms with E-state index in [-0.39, 0.29) is 0 Å². The Morgan fingerprint density at radius 2 is 0.714 bits per heavy atom. The number of nitrogens with zero attached hydrogens (tertiary/aromatic N) is 5. The quantitative estimate of drug-likeness (QED) is 0.164. The molecule has 0 amide bonds. The van der Waals surface area contributed by atoms with Crippen LogP contribution in [0.4, 0.5) is 13.2 Å². The molecule has 0 saturated heterocycles. The highest BCUT2D eigenvalue weighted by Gasteiger charge is 2.31. The number of para-hydroxylation sites is 6. The standard InChI is InChI=1S/C69H42F3N5/c1-42-34-45(37-46(35-42)69(70,71)72)44-27-31-56(68(38-44)77-64-25-13-7-19-54(64)58-40-48(29-33-66(58)77)75-61-22-10-4-16-51(61)52-17-5-11-23-62(52)75)55-30-26-43(41-73)36-67(55)76-63-24-12-6-18-53(63)57-39-47(28-32-65(57)76)74-59-20-8-2-14-49(59)50-15-3-9-21-60(50)74/h2-40H,1H3. The Bertz CT molecular complexity index is 4910. The zero-order valence-electron chi connectivity index (χ0n) is 41.4. The van der Waals surface area contributed by atoms with Gasteiger partial charge in [0.1, 0.15) is 0 Å². The van der Waals surface area contributed by atoms with E-state index in [4.69, 9.17) is 0 Å². The fraction of sp³-hybridized carbons (Fsp3) is 0.0290. The molecule has 0 unspecified atom stereocenters. The third kappa shape index (κ3) is 6.73. The fourth-order valence-corrected chi connectivity index (χ4v) is 12.4. The maximum atomic E-state index is 14.6. The number of hydrogen-bond donors (Lipinski definition) is 0. The first-order valence-electron chi connectivity index (χ1n) is 25.6. The lowest BCUT2D eigenvalue weighted by atomic mass is 9.94. The summed E-state index contributed by atoms with van der Waals surface area (Å²) in [7, 11) is 0. The Balaban J connectivity index is 0.999. The van der Waals surface area contributed by atoms with Crippen LogP contribution in [-0.2, 0) is 6.18 Å². The second-order valence-corrected chi connectivity index (χ2v) is 20.0. The number of halogens is 3. The number of nitriles is 1. The van der Waals surface area contributed by atoms with Crippen LogP contribution in [0.15, 0.2) is 237 Å². The number of fused-ring (bicyclic) bond motifs is 12. The van der Waals surface area contributed by atoms with Gasteiger partial charge in [0.25, 0.3) is 0 Å². The van der Waals surface area contributed by atoms with Gasteiger partial charge in [0.2, 0.25) is 0 Å². The maximum absolute atomic E-state index is 14.6. The van der Waals surface area contributed by atoms with E-state index >= 15 is 0 Å². The second kappa shape index (κ2) is 16.7. The molecule has 0 N–H and O–H groups in total. The Morgan fingerprint density at radius 1 is 0.338 bits per heavy atom. The third-order valence-electron chi connectivity index (χ3n) is 15.6. The van der Waals surface area contributed by atoms with Crippen molar-refractivity contribution >= 4 is 87.2 Å². The molecule has 364 valence electrons. The molecule has 0 saturated carbocycles. The molecule has 0 bridgehead atoms. The van der Waals surface area contributed by atoms with Crippen molar-refractivity contribution in [2.75, 3.05) is 0 Å². The maximum Gasteiger partial charge on any atom is 0.416 e. The summed E-state index contributed by atoms with van der Waals surface area (Å²) in [6.45, 7) is 1.70. The van der Waals surface area contributed by atoms with Crippen molar-refractivity contribution in [3.63, 3.8) is 0 Å². The van der Waals surface area contributed by atoms with Gasteiger partial charge in [-0.1, -0.05) is 133 Å². The normalized spacial score (nSPS) is 12.1. The summed E-state index contributed by atoms with van der Waals surface area (Å²) < 4.78 is 52.8. The van der Waals surface area contributed by atoms with Crippen LogP contribution >= 0.6 is 0 Å². The van der Waals surface area contributed by atoms with E-state index in [1.807, 2.05) is 54.6 Å². The van der Waals surface area contributed by atoms with Crippen LogP contribution in [0.1, 0.15) is 16.7 Å². The van der Waals surface area contributed by atoms with E-state index in [0.29, 0.717) is 22.3 Å². The van der Waals surface area contributed by atoms with Gasteiger partial charge in [-0.15, -0.1) is 0 Å². The summed E-state index contributed by atoms with van der Waals surface area (Å²) in [5.41, 5.74) is 14.9. The van der Waals surface area contributed by atoms with Crippen molar-refractivity contribution < 1.29 is 13.2 Å². The van der Waals surface area contributed by atoms with Crippen LogP contribution in [-0.4, -0.2) is 18.3 Å². The van der Waals surface area contributed by atoms with E-state index in [2.05, 4.69) is 194 Å². The van der Waals surface area contributed by atoms with Gasteiger partial charge in [-0.05, 0) is 127 Å². The van der Waals surface area contributed by atoms with Crippen molar-refractivity contribution in [1.29, 1.82) is 5.26 Å². The van der Waals surface area contributed by atoms with Crippen molar-refractivity contribution in [2.24, 2.45) is 0 Å². The van der Waals surface area contributed by atoms with Gasteiger partial charge in [-0.2, -0.15) is 18.4 Å². The highest BCUT2D eigenvalue weighted by atomic mass is 19.4. The Morgan fingerprint density at radius 3 is 1.14 bits per heavy atom. The summed E-state index contributed by atoms with van der Waals surface area (Å²) in [6.07, 6.45) is -4.53. The van der Waals surface area contributed by atoms with E-state index in [9.17, 15) is 18.4 Å². The molecular formula is C69H42F3N5. The Labute approximate surface area is 439 Å². The van der Waals surface area contributed by atoms with E-state index in [1.54, 1.807) is 6.92 Å². The monoisotopic (exact) mass is 997 g/mol. The van der Waals surface area contributed by atoms with Crippen molar-refractivity contribution in [2.45, 2.75) is 13.1 Å². The van der Waals surface area contributed by atoms with Gasteiger partial charge >= 0.3 is 6.18 Å². The van der Waals surface area contributed by atoms with Crippen LogP contribution in [0.5, 0.6) is 0 Å². The molecule has 0 atom stereocenters. The van der Waals surface area contributed by atoms with E-state index in [1.165, 1.54) is 33.7 Å². The first-order chi connectivity index (χ1) is 37.7. The van der Waals surface area contributed by atoms with Crippen molar-refractivity contribution in [3.8, 4) is 51.1 Å². The molecule has 0 aliphatic carbocycles. The smallest absolute Gasteiger partial charge is 0.309 e. The van der Waals surface area contributed by atoms with Crippen molar-refractivity contribution in [1.82, 2.24) is 18.3 Å². The SMILES string of the molecule is Cc1cc(-c2ccc(-c3ccc(C#N)cc3-n3c4ccccc4c4cc(-n5c6ccccc6c6ccccc65)ccc43)c(-n3c4ccccc4c4cc(-n5c6ccccc6c6ccccc65)ccc43)c2)cc(C(F)(F)F)c1. The van der Waals surface area contributed by atoms with Crippen molar-refractivity contribution in [3.05, 3.63) is 253 Å². The molecule has 0 radical (unpaired) electrons. The predicted molar refractivity (Wildman–Crippen MR) is 309 cm³/mol. The molecule has 0 fully saturated rings. The van der Waals surface area contributed by atoms with Gasteiger partial charge in [-0.3, -0.25) is 0 Å². The fourth-order valence-electron chi connectivity index (χ4n) is 12.4. The number of alkyl halides is 3. The first kappa shape index (κ1) is 44.4. The highest BCUT2D eigenvalue weighted by Crippen LogP contribution is 2.45. The van der Waals surface area contributed by atoms with Gasteiger partial charge in [0, 0.05) is 65.6 Å². The molecule has 77 heavy (non-hydrogen) atoms. The zero-order valence-corrected chi connectivity index (χ0v) is 41.4. The third-order valence-corrected chi connectivity index (χ3v) is 15.6. The lowest BCUT2D eigenvalue weighted by Crippen LogP contribution is -2.05.